The van der Waals surface area contributed by atoms with Gasteiger partial charge in [0.1, 0.15) is 30.3 Å². The molecule has 1 aliphatic rings. The van der Waals surface area contributed by atoms with Crippen LogP contribution in [0.3, 0.4) is 0 Å². The molecule has 8 heteroatoms. The Kier molecular flexibility index (Phi) is 6.94. The molecule has 4 rings (SSSR count). The van der Waals surface area contributed by atoms with Gasteiger partial charge in [0, 0.05) is 0 Å². The zero-order valence-corrected chi connectivity index (χ0v) is 19.0. The summed E-state index contributed by atoms with van der Waals surface area (Å²) in [4.78, 5) is 38.4. The average Bonchev–Trinajstić information content (AvgIpc) is 2.81. The molecule has 1 heterocycles. The predicted octanol–water partition coefficient (Wildman–Crippen LogP) is 4.77. The third kappa shape index (κ3) is 5.27. The van der Waals surface area contributed by atoms with Crippen molar-refractivity contribution in [2.45, 2.75) is 6.92 Å². The van der Waals surface area contributed by atoms with E-state index < -0.39 is 17.8 Å². The van der Waals surface area contributed by atoms with E-state index in [0.717, 1.165) is 16.2 Å². The molecule has 1 fully saturated rings. The van der Waals surface area contributed by atoms with Crippen LogP contribution >= 0.6 is 11.6 Å². The van der Waals surface area contributed by atoms with Gasteiger partial charge < -0.3 is 9.47 Å². The van der Waals surface area contributed by atoms with Crippen LogP contribution in [-0.2, 0) is 9.59 Å². The Balaban J connectivity index is 1.44. The summed E-state index contributed by atoms with van der Waals surface area (Å²) in [5.41, 5.74) is 1.79. The number of urea groups is 1. The number of para-hydroxylation sites is 1. The summed E-state index contributed by atoms with van der Waals surface area (Å²) < 4.78 is 11.3. The van der Waals surface area contributed by atoms with Crippen molar-refractivity contribution >= 4 is 41.2 Å². The SMILES string of the molecule is Cc1cccc(OCCOc2ccc(/C=C3/C(=O)NC(=O)N(c4ccccc4)C3=O)cc2Cl)c1. The van der Waals surface area contributed by atoms with Gasteiger partial charge in [0.25, 0.3) is 11.8 Å². The number of nitrogens with zero attached hydrogens (tertiary/aromatic N) is 1. The number of imide groups is 2. The summed E-state index contributed by atoms with van der Waals surface area (Å²) in [6, 6.07) is 20.2. The third-order valence-corrected chi connectivity index (χ3v) is 5.28. The smallest absolute Gasteiger partial charge is 0.335 e. The lowest BCUT2D eigenvalue weighted by atomic mass is 10.1. The summed E-state index contributed by atoms with van der Waals surface area (Å²) in [5, 5.41) is 2.50. The second-order valence-corrected chi connectivity index (χ2v) is 7.90. The lowest BCUT2D eigenvalue weighted by Crippen LogP contribution is -2.54. The molecule has 0 saturated carbocycles. The van der Waals surface area contributed by atoms with E-state index >= 15 is 0 Å². The number of carbonyl (C=O) groups is 3. The fourth-order valence-electron chi connectivity index (χ4n) is 3.38. The summed E-state index contributed by atoms with van der Waals surface area (Å²) in [5.74, 6) is -0.288. The maximum atomic E-state index is 12.9. The van der Waals surface area contributed by atoms with E-state index in [-0.39, 0.29) is 12.2 Å². The van der Waals surface area contributed by atoms with Crippen LogP contribution in [0.5, 0.6) is 11.5 Å². The topological polar surface area (TPSA) is 84.9 Å². The molecule has 0 unspecified atom stereocenters. The maximum Gasteiger partial charge on any atom is 0.335 e. The van der Waals surface area contributed by atoms with E-state index in [9.17, 15) is 14.4 Å². The van der Waals surface area contributed by atoms with Crippen molar-refractivity contribution in [3.63, 3.8) is 0 Å². The molecule has 0 aromatic heterocycles. The molecule has 0 atom stereocenters. The molecular weight excluding hydrogens is 456 g/mol. The number of aryl methyl sites for hydroxylation is 1. The van der Waals surface area contributed by atoms with Gasteiger partial charge in [0.2, 0.25) is 0 Å². The Morgan fingerprint density at radius 2 is 1.68 bits per heavy atom. The Labute approximate surface area is 201 Å². The highest BCUT2D eigenvalue weighted by atomic mass is 35.5. The van der Waals surface area contributed by atoms with Crippen molar-refractivity contribution in [1.82, 2.24) is 5.32 Å². The number of anilines is 1. The molecule has 0 bridgehead atoms. The Bertz CT molecular complexity index is 1270. The number of rotatable bonds is 7. The molecule has 7 nitrogen and oxygen atoms in total. The quantitative estimate of drug-likeness (QED) is 0.301. The monoisotopic (exact) mass is 476 g/mol. The van der Waals surface area contributed by atoms with Crippen LogP contribution < -0.4 is 19.7 Å². The number of barbiturate groups is 1. The third-order valence-electron chi connectivity index (χ3n) is 4.98. The lowest BCUT2D eigenvalue weighted by Gasteiger charge is -2.26. The van der Waals surface area contributed by atoms with E-state index in [0.29, 0.717) is 28.6 Å². The van der Waals surface area contributed by atoms with Crippen molar-refractivity contribution in [3.05, 3.63) is 94.5 Å². The van der Waals surface area contributed by atoms with Crippen LogP contribution in [0.4, 0.5) is 10.5 Å². The van der Waals surface area contributed by atoms with Crippen molar-refractivity contribution in [2.75, 3.05) is 18.1 Å². The van der Waals surface area contributed by atoms with Crippen LogP contribution in [0.2, 0.25) is 5.02 Å². The number of hydrogen-bond acceptors (Lipinski definition) is 5. The van der Waals surface area contributed by atoms with Crippen molar-refractivity contribution in [2.24, 2.45) is 0 Å². The van der Waals surface area contributed by atoms with Crippen molar-refractivity contribution in [3.8, 4) is 11.5 Å². The predicted molar refractivity (Wildman–Crippen MR) is 129 cm³/mol. The lowest BCUT2D eigenvalue weighted by molar-refractivity contribution is -0.122. The summed E-state index contributed by atoms with van der Waals surface area (Å²) in [6.07, 6.45) is 1.39. The molecule has 1 aliphatic heterocycles. The van der Waals surface area contributed by atoms with Crippen LogP contribution in [0.1, 0.15) is 11.1 Å². The van der Waals surface area contributed by atoms with Crippen molar-refractivity contribution in [1.29, 1.82) is 0 Å². The zero-order valence-electron chi connectivity index (χ0n) is 18.3. The first kappa shape index (κ1) is 23.1. The second kappa shape index (κ2) is 10.2. The van der Waals surface area contributed by atoms with Gasteiger partial charge in [-0.1, -0.05) is 48.0 Å². The minimum absolute atomic E-state index is 0.181. The van der Waals surface area contributed by atoms with Gasteiger partial charge in [0.15, 0.2) is 0 Å². The van der Waals surface area contributed by atoms with Gasteiger partial charge in [-0.2, -0.15) is 0 Å². The molecule has 172 valence electrons. The first-order valence-corrected chi connectivity index (χ1v) is 10.9. The number of nitrogens with one attached hydrogen (secondary N) is 1. The zero-order chi connectivity index (χ0) is 24.1. The van der Waals surface area contributed by atoms with Crippen molar-refractivity contribution < 1.29 is 23.9 Å². The van der Waals surface area contributed by atoms with Gasteiger partial charge in [-0.25, -0.2) is 9.69 Å². The number of carbonyl (C=O) groups excluding carboxylic acids is 3. The second-order valence-electron chi connectivity index (χ2n) is 7.50. The van der Waals surface area contributed by atoms with Gasteiger partial charge in [0.05, 0.1) is 10.7 Å². The van der Waals surface area contributed by atoms with Gasteiger partial charge in [-0.05, 0) is 60.5 Å². The number of hydrogen-bond donors (Lipinski definition) is 1. The minimum atomic E-state index is -0.798. The average molecular weight is 477 g/mol. The normalized spacial score (nSPS) is 14.8. The molecular formula is C26H21ClN2O5. The largest absolute Gasteiger partial charge is 0.490 e. The molecule has 34 heavy (non-hydrogen) atoms. The van der Waals surface area contributed by atoms with E-state index in [4.69, 9.17) is 21.1 Å². The van der Waals surface area contributed by atoms with Gasteiger partial charge in [-0.15, -0.1) is 0 Å². The molecule has 0 radical (unpaired) electrons. The van der Waals surface area contributed by atoms with Crippen LogP contribution in [0, 0.1) is 6.92 Å². The molecule has 3 aromatic carbocycles. The number of amides is 4. The molecule has 1 N–H and O–H groups in total. The maximum absolute atomic E-state index is 12.9. The molecule has 3 aromatic rings. The van der Waals surface area contributed by atoms with E-state index in [2.05, 4.69) is 5.32 Å². The Morgan fingerprint density at radius 3 is 2.41 bits per heavy atom. The van der Waals surface area contributed by atoms with Crippen LogP contribution in [-0.4, -0.2) is 31.1 Å². The molecule has 4 amide bonds. The first-order chi connectivity index (χ1) is 16.4. The van der Waals surface area contributed by atoms with E-state index in [1.165, 1.54) is 6.08 Å². The fraction of sp³-hybridized carbons (Fsp3) is 0.115. The Morgan fingerprint density at radius 1 is 0.912 bits per heavy atom. The summed E-state index contributed by atoms with van der Waals surface area (Å²) in [7, 11) is 0. The van der Waals surface area contributed by atoms with Gasteiger partial charge >= 0.3 is 6.03 Å². The highest BCUT2D eigenvalue weighted by Gasteiger charge is 2.36. The standard InChI is InChI=1S/C26H21ClN2O5/c1-17-6-5-9-20(14-17)33-12-13-34-23-11-10-18(16-22(23)27)15-21-24(30)28-26(32)29(25(21)31)19-7-3-2-4-8-19/h2-11,14-16H,12-13H2,1H3,(H,28,30,32)/b21-15-. The summed E-state index contributed by atoms with van der Waals surface area (Å²) >= 11 is 6.34. The number of halogens is 1. The Hall–Kier alpha value is -4.10. The minimum Gasteiger partial charge on any atom is -0.490 e. The summed E-state index contributed by atoms with van der Waals surface area (Å²) in [6.45, 7) is 2.61. The van der Waals surface area contributed by atoms with Crippen LogP contribution in [0.25, 0.3) is 6.08 Å². The van der Waals surface area contributed by atoms with E-state index in [1.807, 2.05) is 31.2 Å². The highest BCUT2D eigenvalue weighted by Crippen LogP contribution is 2.28. The molecule has 0 aliphatic carbocycles. The van der Waals surface area contributed by atoms with Crippen LogP contribution in [0.15, 0.2) is 78.4 Å². The number of ether oxygens (including phenoxy) is 2. The number of benzene rings is 3. The van der Waals surface area contributed by atoms with E-state index in [1.54, 1.807) is 48.5 Å². The molecule has 1 saturated heterocycles. The molecule has 0 spiro atoms. The van der Waals surface area contributed by atoms with Gasteiger partial charge in [-0.3, -0.25) is 14.9 Å². The first-order valence-electron chi connectivity index (χ1n) is 10.5. The fourth-order valence-corrected chi connectivity index (χ4v) is 3.62. The highest BCUT2D eigenvalue weighted by molar-refractivity contribution is 6.39.